The van der Waals surface area contributed by atoms with Gasteiger partial charge < -0.3 is 25.2 Å². The molecule has 0 bridgehead atoms. The monoisotopic (exact) mass is 340 g/mol. The molecule has 136 valence electrons. The van der Waals surface area contributed by atoms with Crippen molar-refractivity contribution in [2.45, 2.75) is 69.4 Å². The molecule has 0 aromatic rings. The summed E-state index contributed by atoms with van der Waals surface area (Å²) in [6.45, 7) is 1.68. The Morgan fingerprint density at radius 1 is 1.00 bits per heavy atom. The summed E-state index contributed by atoms with van der Waals surface area (Å²) < 4.78 is 5.67. The summed E-state index contributed by atoms with van der Waals surface area (Å²) in [5.41, 5.74) is 0. The maximum absolute atomic E-state index is 12.2. The van der Waals surface area contributed by atoms with Crippen molar-refractivity contribution in [1.29, 1.82) is 0 Å². The minimum atomic E-state index is -1.09. The van der Waals surface area contributed by atoms with Gasteiger partial charge in [0.05, 0.1) is 12.5 Å². The number of ether oxygens (including phenoxy) is 1. The molecule has 3 fully saturated rings. The van der Waals surface area contributed by atoms with E-state index in [9.17, 15) is 19.8 Å². The highest BCUT2D eigenvalue weighted by Gasteiger charge is 2.44. The zero-order valence-corrected chi connectivity index (χ0v) is 14.0. The maximum Gasteiger partial charge on any atom is 0.225 e. The van der Waals surface area contributed by atoms with Crippen LogP contribution in [-0.2, 0) is 14.3 Å². The molecule has 3 N–H and O–H groups in total. The SMILES string of the molecule is O=C(NC[C@H]1O[C@@H](CC(=O)N2CCCC2)[C@H](O)[C@@H]1O)C1CCCC1. The van der Waals surface area contributed by atoms with Crippen LogP contribution in [0.4, 0.5) is 0 Å². The Labute approximate surface area is 142 Å². The van der Waals surface area contributed by atoms with Gasteiger partial charge in [-0.25, -0.2) is 0 Å². The molecular weight excluding hydrogens is 312 g/mol. The third-order valence-electron chi connectivity index (χ3n) is 5.50. The van der Waals surface area contributed by atoms with Gasteiger partial charge in [0.1, 0.15) is 18.3 Å². The highest BCUT2D eigenvalue weighted by atomic mass is 16.5. The molecule has 4 atom stereocenters. The van der Waals surface area contributed by atoms with Crippen molar-refractivity contribution in [3.8, 4) is 0 Å². The van der Waals surface area contributed by atoms with Crippen LogP contribution in [0.15, 0.2) is 0 Å². The van der Waals surface area contributed by atoms with Gasteiger partial charge >= 0.3 is 0 Å². The molecule has 7 heteroatoms. The van der Waals surface area contributed by atoms with Gasteiger partial charge in [-0.15, -0.1) is 0 Å². The van der Waals surface area contributed by atoms with E-state index in [4.69, 9.17) is 4.74 Å². The number of rotatable bonds is 5. The molecule has 3 aliphatic rings. The second kappa shape index (κ2) is 7.80. The topological polar surface area (TPSA) is 99.1 Å². The van der Waals surface area contributed by atoms with Gasteiger partial charge in [-0.1, -0.05) is 12.8 Å². The van der Waals surface area contributed by atoms with Crippen molar-refractivity contribution in [2.24, 2.45) is 5.92 Å². The van der Waals surface area contributed by atoms with E-state index >= 15 is 0 Å². The van der Waals surface area contributed by atoms with Crippen LogP contribution in [0.3, 0.4) is 0 Å². The van der Waals surface area contributed by atoms with Crippen LogP contribution >= 0.6 is 0 Å². The number of carbonyl (C=O) groups excluding carboxylic acids is 2. The number of hydrogen-bond acceptors (Lipinski definition) is 5. The van der Waals surface area contributed by atoms with E-state index < -0.39 is 24.4 Å². The first-order valence-corrected chi connectivity index (χ1v) is 9.13. The van der Waals surface area contributed by atoms with Crippen LogP contribution in [0.1, 0.15) is 44.9 Å². The summed E-state index contributed by atoms with van der Waals surface area (Å²) in [7, 11) is 0. The fourth-order valence-electron chi connectivity index (χ4n) is 3.96. The molecular formula is C17H28N2O5. The molecule has 1 saturated carbocycles. The average molecular weight is 340 g/mol. The van der Waals surface area contributed by atoms with Gasteiger partial charge in [0, 0.05) is 25.6 Å². The highest BCUT2D eigenvalue weighted by Crippen LogP contribution is 2.26. The molecule has 0 spiro atoms. The third kappa shape index (κ3) is 3.90. The number of amides is 2. The molecule has 2 aliphatic heterocycles. The van der Waals surface area contributed by atoms with E-state index in [2.05, 4.69) is 5.32 Å². The maximum atomic E-state index is 12.2. The fourth-order valence-corrected chi connectivity index (χ4v) is 3.96. The molecule has 7 nitrogen and oxygen atoms in total. The van der Waals surface area contributed by atoms with Crippen molar-refractivity contribution in [2.75, 3.05) is 19.6 Å². The molecule has 0 radical (unpaired) electrons. The number of aliphatic hydroxyl groups excluding tert-OH is 2. The number of nitrogens with one attached hydrogen (secondary N) is 1. The summed E-state index contributed by atoms with van der Waals surface area (Å²) in [6, 6.07) is 0. The van der Waals surface area contributed by atoms with Crippen LogP contribution < -0.4 is 5.32 Å². The molecule has 0 aromatic carbocycles. The number of aliphatic hydroxyl groups is 2. The van der Waals surface area contributed by atoms with Gasteiger partial charge in [-0.2, -0.15) is 0 Å². The smallest absolute Gasteiger partial charge is 0.225 e. The Morgan fingerprint density at radius 2 is 1.62 bits per heavy atom. The first-order chi connectivity index (χ1) is 11.6. The van der Waals surface area contributed by atoms with Crippen molar-refractivity contribution in [3.63, 3.8) is 0 Å². The second-order valence-corrected chi connectivity index (χ2v) is 7.21. The molecule has 2 saturated heterocycles. The zero-order valence-electron chi connectivity index (χ0n) is 14.0. The molecule has 1 aliphatic carbocycles. The molecule has 2 amide bonds. The Kier molecular flexibility index (Phi) is 5.73. The van der Waals surface area contributed by atoms with E-state index in [-0.39, 0.29) is 30.7 Å². The van der Waals surface area contributed by atoms with Crippen LogP contribution in [0.2, 0.25) is 0 Å². The quantitative estimate of drug-likeness (QED) is 0.643. The first-order valence-electron chi connectivity index (χ1n) is 9.13. The van der Waals surface area contributed by atoms with Gasteiger partial charge in [-0.05, 0) is 25.7 Å². The summed E-state index contributed by atoms with van der Waals surface area (Å²) >= 11 is 0. The predicted molar refractivity (Wildman–Crippen MR) is 86.1 cm³/mol. The number of nitrogens with zero attached hydrogens (tertiary/aromatic N) is 1. The standard InChI is InChI=1S/C17H28N2O5/c20-14(19-7-3-4-8-19)9-12-15(21)16(22)13(24-12)10-18-17(23)11-5-1-2-6-11/h11-13,15-16,21-22H,1-10H2,(H,18,23)/t12-,13+,15-,16+/m0/s1. The van der Waals surface area contributed by atoms with Crippen LogP contribution in [0.5, 0.6) is 0 Å². The lowest BCUT2D eigenvalue weighted by Crippen LogP contribution is -2.41. The number of likely N-dealkylation sites (tertiary alicyclic amines) is 1. The van der Waals surface area contributed by atoms with E-state index in [1.165, 1.54) is 0 Å². The van der Waals surface area contributed by atoms with Crippen molar-refractivity contribution >= 4 is 11.8 Å². The third-order valence-corrected chi connectivity index (χ3v) is 5.50. The number of carbonyl (C=O) groups is 2. The van der Waals surface area contributed by atoms with Gasteiger partial charge in [0.25, 0.3) is 0 Å². The highest BCUT2D eigenvalue weighted by molar-refractivity contribution is 5.79. The lowest BCUT2D eigenvalue weighted by Gasteiger charge is -2.19. The van der Waals surface area contributed by atoms with E-state index in [1.54, 1.807) is 4.90 Å². The Balaban J connectivity index is 1.47. The van der Waals surface area contributed by atoms with Gasteiger partial charge in [0.15, 0.2) is 0 Å². The molecule has 2 heterocycles. The van der Waals surface area contributed by atoms with Crippen LogP contribution in [0, 0.1) is 5.92 Å². The normalized spacial score (nSPS) is 34.0. The fraction of sp³-hybridized carbons (Fsp3) is 0.882. The summed E-state index contributed by atoms with van der Waals surface area (Å²) in [4.78, 5) is 26.0. The lowest BCUT2D eigenvalue weighted by atomic mass is 10.0. The van der Waals surface area contributed by atoms with E-state index in [0.29, 0.717) is 0 Å². The molecule has 0 unspecified atom stereocenters. The zero-order chi connectivity index (χ0) is 17.1. The van der Waals surface area contributed by atoms with Crippen molar-refractivity contribution in [1.82, 2.24) is 10.2 Å². The minimum Gasteiger partial charge on any atom is -0.388 e. The van der Waals surface area contributed by atoms with Crippen LogP contribution in [0.25, 0.3) is 0 Å². The minimum absolute atomic E-state index is 0.00520. The van der Waals surface area contributed by atoms with Crippen molar-refractivity contribution < 1.29 is 24.5 Å². The summed E-state index contributed by atoms with van der Waals surface area (Å²) in [5, 5.41) is 23.1. The average Bonchev–Trinajstić information content (AvgIpc) is 3.31. The van der Waals surface area contributed by atoms with Gasteiger partial charge in [0.2, 0.25) is 11.8 Å². The predicted octanol–water partition coefficient (Wildman–Crippen LogP) is -0.205. The first kappa shape index (κ1) is 17.6. The largest absolute Gasteiger partial charge is 0.388 e. The Bertz CT molecular complexity index is 460. The van der Waals surface area contributed by atoms with Crippen LogP contribution in [-0.4, -0.2) is 71.0 Å². The summed E-state index contributed by atoms with van der Waals surface area (Å²) in [5.74, 6) is 0.00906. The second-order valence-electron chi connectivity index (χ2n) is 7.21. The van der Waals surface area contributed by atoms with E-state index in [1.807, 2.05) is 0 Å². The van der Waals surface area contributed by atoms with Gasteiger partial charge in [-0.3, -0.25) is 9.59 Å². The Morgan fingerprint density at radius 3 is 2.29 bits per heavy atom. The summed E-state index contributed by atoms with van der Waals surface area (Å²) in [6.07, 6.45) is 2.55. The molecule has 0 aromatic heterocycles. The Hall–Kier alpha value is -1.18. The van der Waals surface area contributed by atoms with E-state index in [0.717, 1.165) is 51.6 Å². The number of hydrogen-bond donors (Lipinski definition) is 3. The molecule has 24 heavy (non-hydrogen) atoms. The lowest BCUT2D eigenvalue weighted by molar-refractivity contribution is -0.134. The molecule has 3 rings (SSSR count). The van der Waals surface area contributed by atoms with Crippen molar-refractivity contribution in [3.05, 3.63) is 0 Å².